The number of carboxylic acids is 1. The summed E-state index contributed by atoms with van der Waals surface area (Å²) in [6.07, 6.45) is -5.09. The van der Waals surface area contributed by atoms with Crippen molar-refractivity contribution in [2.75, 3.05) is 7.11 Å². The molecule has 0 saturated heterocycles. The van der Waals surface area contributed by atoms with Gasteiger partial charge in [-0.25, -0.2) is 4.79 Å². The molecule has 3 aromatic rings. The van der Waals surface area contributed by atoms with Gasteiger partial charge in [0, 0.05) is 29.6 Å². The number of carbonyl (C=O) groups excluding carboxylic acids is 1. The molecule has 3 rings (SSSR count). The zero-order chi connectivity index (χ0) is 23.7. The molecule has 0 aliphatic heterocycles. The topological polar surface area (TPSA) is 108 Å². The highest BCUT2D eigenvalue weighted by Gasteiger charge is 2.62. The largest absolute Gasteiger partial charge is 0.477 e. The lowest BCUT2D eigenvalue weighted by atomic mass is 9.91. The number of H-pyrrole nitrogens is 1. The van der Waals surface area contributed by atoms with Crippen molar-refractivity contribution in [1.82, 2.24) is 10.3 Å². The highest BCUT2D eigenvalue weighted by Crippen LogP contribution is 2.42. The number of aromatic amines is 1. The number of nitrogens with one attached hydrogen (secondary N) is 2. The molecule has 1 atom stereocenters. The molecule has 2 aromatic carbocycles. The Balaban J connectivity index is 2.03. The zero-order valence-electron chi connectivity index (χ0n) is 16.4. The molecule has 0 aliphatic rings. The van der Waals surface area contributed by atoms with E-state index >= 15 is 0 Å². The summed E-state index contributed by atoms with van der Waals surface area (Å²) in [7, 11) is 0.778. The van der Waals surface area contributed by atoms with Gasteiger partial charge < -0.3 is 20.1 Å². The quantitative estimate of drug-likeness (QED) is 0.512. The first-order valence-electron chi connectivity index (χ1n) is 9.05. The molecule has 0 saturated carbocycles. The van der Waals surface area contributed by atoms with Gasteiger partial charge in [0.25, 0.3) is 17.1 Å². The van der Waals surface area contributed by atoms with E-state index in [9.17, 15) is 27.6 Å². The number of benzene rings is 2. The Bertz CT molecular complexity index is 1240. The molecule has 11 heteroatoms. The maximum atomic E-state index is 14.0. The number of carbonyl (C=O) groups is 2. The molecule has 1 aromatic heterocycles. The third-order valence-corrected chi connectivity index (χ3v) is 5.09. The average molecular weight is 469 g/mol. The van der Waals surface area contributed by atoms with Crippen LogP contribution in [-0.2, 0) is 21.7 Å². The van der Waals surface area contributed by atoms with E-state index in [1.165, 1.54) is 30.3 Å². The third-order valence-electron chi connectivity index (χ3n) is 4.87. The van der Waals surface area contributed by atoms with Crippen LogP contribution >= 0.6 is 11.6 Å². The summed E-state index contributed by atoms with van der Waals surface area (Å²) in [6, 6.07) is 10.2. The normalized spacial score (nSPS) is 13.5. The van der Waals surface area contributed by atoms with Crippen molar-refractivity contribution >= 4 is 34.4 Å². The van der Waals surface area contributed by atoms with Crippen molar-refractivity contribution in [3.05, 3.63) is 80.6 Å². The van der Waals surface area contributed by atoms with Crippen LogP contribution in [0.25, 0.3) is 10.9 Å². The van der Waals surface area contributed by atoms with Crippen LogP contribution in [0.2, 0.25) is 5.02 Å². The monoisotopic (exact) mass is 468 g/mol. The van der Waals surface area contributed by atoms with E-state index in [1.54, 1.807) is 0 Å². The summed E-state index contributed by atoms with van der Waals surface area (Å²) in [6.45, 7) is -0.452. The molecule has 0 radical (unpaired) electrons. The first-order chi connectivity index (χ1) is 15.0. The standard InChI is InChI=1S/C21H16ClF3N2O5/c1-32-20(21(23,24)25,13-5-3-2-4-6-13)19(31)26-10-12-8-14(22)7-11-9-15(18(29)30)17(28)27-16(11)12/h2-9H,10H2,1H3,(H,26,31)(H,27,28)(H,29,30)/t20-/m0/s1. The minimum absolute atomic E-state index is 0.124. The minimum Gasteiger partial charge on any atom is -0.477 e. The number of methoxy groups -OCH3 is 1. The fourth-order valence-electron chi connectivity index (χ4n) is 3.38. The van der Waals surface area contributed by atoms with Crippen molar-refractivity contribution < 1.29 is 32.6 Å². The fraction of sp³-hybridized carbons (Fsp3) is 0.190. The smallest absolute Gasteiger partial charge is 0.430 e. The van der Waals surface area contributed by atoms with Crippen molar-refractivity contribution in [3.63, 3.8) is 0 Å². The number of aromatic carboxylic acids is 1. The number of halogens is 4. The maximum absolute atomic E-state index is 14.0. The highest BCUT2D eigenvalue weighted by molar-refractivity contribution is 6.31. The van der Waals surface area contributed by atoms with Gasteiger partial charge in [0.2, 0.25) is 0 Å². The molecule has 0 bridgehead atoms. The van der Waals surface area contributed by atoms with E-state index in [2.05, 4.69) is 10.3 Å². The van der Waals surface area contributed by atoms with Crippen molar-refractivity contribution in [2.45, 2.75) is 18.3 Å². The minimum atomic E-state index is -5.09. The van der Waals surface area contributed by atoms with Gasteiger partial charge in [-0.3, -0.25) is 9.59 Å². The summed E-state index contributed by atoms with van der Waals surface area (Å²) in [5.74, 6) is -2.93. The van der Waals surface area contributed by atoms with Crippen LogP contribution in [0.5, 0.6) is 0 Å². The number of fused-ring (bicyclic) bond motifs is 1. The molecule has 1 amide bonds. The van der Waals surface area contributed by atoms with Gasteiger partial charge in [0.05, 0.1) is 5.52 Å². The van der Waals surface area contributed by atoms with Gasteiger partial charge in [-0.1, -0.05) is 41.9 Å². The SMILES string of the molecule is CO[C@](C(=O)NCc1cc(Cl)cc2cc(C(=O)O)c(=O)[nH]c12)(c1ccccc1)C(F)(F)F. The number of alkyl halides is 3. The molecule has 3 N–H and O–H groups in total. The molecule has 168 valence electrons. The van der Waals surface area contributed by atoms with E-state index in [-0.39, 0.29) is 21.5 Å². The van der Waals surface area contributed by atoms with Gasteiger partial charge in [0.15, 0.2) is 0 Å². The maximum Gasteiger partial charge on any atom is 0.430 e. The van der Waals surface area contributed by atoms with Crippen LogP contribution in [0.15, 0.2) is 53.3 Å². The predicted octanol–water partition coefficient (Wildman–Crippen LogP) is 3.60. The summed E-state index contributed by atoms with van der Waals surface area (Å²) >= 11 is 6.04. The van der Waals surface area contributed by atoms with Crippen LogP contribution in [0.3, 0.4) is 0 Å². The lowest BCUT2D eigenvalue weighted by molar-refractivity contribution is -0.265. The first kappa shape index (κ1) is 23.3. The number of ether oxygens (including phenoxy) is 1. The van der Waals surface area contributed by atoms with Crippen molar-refractivity contribution in [1.29, 1.82) is 0 Å². The Labute approximate surface area is 183 Å². The molecular formula is C21H16ClF3N2O5. The van der Waals surface area contributed by atoms with E-state index in [1.807, 2.05) is 0 Å². The molecule has 0 fully saturated rings. The summed E-state index contributed by atoms with van der Waals surface area (Å²) in [5.41, 5.74) is -4.83. The molecule has 1 heterocycles. The Hall–Kier alpha value is -3.37. The van der Waals surface area contributed by atoms with Gasteiger partial charge in [0.1, 0.15) is 5.56 Å². The summed E-state index contributed by atoms with van der Waals surface area (Å²) in [4.78, 5) is 38.4. The van der Waals surface area contributed by atoms with E-state index < -0.39 is 46.9 Å². The van der Waals surface area contributed by atoms with Crippen LogP contribution in [0.4, 0.5) is 13.2 Å². The number of amides is 1. The third kappa shape index (κ3) is 4.06. The average Bonchev–Trinajstić information content (AvgIpc) is 2.72. The van der Waals surface area contributed by atoms with Crippen LogP contribution in [0.1, 0.15) is 21.5 Å². The lowest BCUT2D eigenvalue weighted by Crippen LogP contribution is -2.55. The number of aromatic nitrogens is 1. The van der Waals surface area contributed by atoms with Crippen molar-refractivity contribution in [3.8, 4) is 0 Å². The van der Waals surface area contributed by atoms with Crippen LogP contribution in [-0.4, -0.2) is 35.3 Å². The molecule has 7 nitrogen and oxygen atoms in total. The van der Waals surface area contributed by atoms with Crippen LogP contribution in [0, 0.1) is 0 Å². The zero-order valence-corrected chi connectivity index (χ0v) is 17.2. The summed E-state index contributed by atoms with van der Waals surface area (Å²) in [5, 5.41) is 11.7. The molecule has 0 spiro atoms. The Morgan fingerprint density at radius 3 is 2.38 bits per heavy atom. The second-order valence-electron chi connectivity index (χ2n) is 6.78. The first-order valence-corrected chi connectivity index (χ1v) is 9.43. The van der Waals surface area contributed by atoms with Gasteiger partial charge >= 0.3 is 12.1 Å². The Kier molecular flexibility index (Phi) is 6.29. The number of carboxylic acid groups (broad SMARTS) is 1. The summed E-state index contributed by atoms with van der Waals surface area (Å²) < 4.78 is 46.8. The second kappa shape index (κ2) is 8.64. The highest BCUT2D eigenvalue weighted by atomic mass is 35.5. The molecule has 0 unspecified atom stereocenters. The Morgan fingerprint density at radius 1 is 1.16 bits per heavy atom. The van der Waals surface area contributed by atoms with Gasteiger partial charge in [-0.05, 0) is 23.8 Å². The Morgan fingerprint density at radius 2 is 1.81 bits per heavy atom. The lowest BCUT2D eigenvalue weighted by Gasteiger charge is -2.33. The van der Waals surface area contributed by atoms with E-state index in [0.717, 1.165) is 25.3 Å². The number of hydrogen-bond acceptors (Lipinski definition) is 4. The van der Waals surface area contributed by atoms with Crippen LogP contribution < -0.4 is 10.9 Å². The number of pyridine rings is 1. The second-order valence-corrected chi connectivity index (χ2v) is 7.21. The van der Waals surface area contributed by atoms with Crippen molar-refractivity contribution in [2.24, 2.45) is 0 Å². The van der Waals surface area contributed by atoms with Gasteiger partial charge in [-0.15, -0.1) is 0 Å². The van der Waals surface area contributed by atoms with Gasteiger partial charge in [-0.2, -0.15) is 13.2 Å². The fourth-order valence-corrected chi connectivity index (χ4v) is 3.62. The predicted molar refractivity (Wildman–Crippen MR) is 110 cm³/mol. The number of rotatable bonds is 6. The number of hydrogen-bond donors (Lipinski definition) is 3. The van der Waals surface area contributed by atoms with E-state index in [0.29, 0.717) is 0 Å². The molecule has 32 heavy (non-hydrogen) atoms. The van der Waals surface area contributed by atoms with E-state index in [4.69, 9.17) is 21.4 Å². The molecular weight excluding hydrogens is 453 g/mol. The molecule has 0 aliphatic carbocycles.